The third kappa shape index (κ3) is 6.63. The van der Waals surface area contributed by atoms with Gasteiger partial charge in [-0.15, -0.1) is 23.6 Å². The van der Waals surface area contributed by atoms with Crippen molar-refractivity contribution in [3.8, 4) is 17.1 Å². The van der Waals surface area contributed by atoms with Gasteiger partial charge in [0.05, 0.1) is 12.2 Å². The van der Waals surface area contributed by atoms with Crippen LogP contribution in [0.5, 0.6) is 0 Å². The molecule has 0 saturated heterocycles. The van der Waals surface area contributed by atoms with Crippen LogP contribution in [-0.2, 0) is 20.1 Å². The van der Waals surface area contributed by atoms with Crippen molar-refractivity contribution in [1.82, 2.24) is 9.55 Å². The van der Waals surface area contributed by atoms with Crippen molar-refractivity contribution in [2.45, 2.75) is 104 Å². The Bertz CT molecular complexity index is 1400. The maximum Gasteiger partial charge on any atom is 0.0651 e. The minimum atomic E-state index is -0.333. The number of benzene rings is 2. The first-order valence-electron chi connectivity index (χ1n) is 16.8. The maximum absolute atomic E-state index is 11.4. The van der Waals surface area contributed by atoms with E-state index >= 15 is 0 Å². The summed E-state index contributed by atoms with van der Waals surface area (Å²) in [6.45, 7) is 8.90. The molecule has 0 bridgehead atoms. The predicted molar refractivity (Wildman–Crippen MR) is 178 cm³/mol. The minimum absolute atomic E-state index is 0. The predicted octanol–water partition coefficient (Wildman–Crippen LogP) is 9.41. The van der Waals surface area contributed by atoms with E-state index in [9.17, 15) is 10.2 Å². The Balaban J connectivity index is 0.000000196. The van der Waals surface area contributed by atoms with Crippen molar-refractivity contribution in [3.05, 3.63) is 85.1 Å². The van der Waals surface area contributed by atoms with Crippen molar-refractivity contribution in [1.29, 1.82) is 0 Å². The zero-order valence-electron chi connectivity index (χ0n) is 27.0. The molecule has 2 fully saturated rings. The number of aliphatic hydroxyl groups is 2. The summed E-state index contributed by atoms with van der Waals surface area (Å²) in [5.74, 6) is 0.606. The molecule has 2 aliphatic rings. The average molecular weight is 772 g/mol. The second kappa shape index (κ2) is 15.3. The zero-order chi connectivity index (χ0) is 30.5. The Morgan fingerprint density at radius 3 is 1.84 bits per heavy atom. The van der Waals surface area contributed by atoms with E-state index in [-0.39, 0.29) is 49.1 Å². The fourth-order valence-electron chi connectivity index (χ4n) is 8.41. The molecule has 5 heteroatoms. The summed E-state index contributed by atoms with van der Waals surface area (Å²) < 4.78 is 2.21. The molecule has 44 heavy (non-hydrogen) atoms. The average Bonchev–Trinajstić information content (AvgIpc) is 3.32. The van der Waals surface area contributed by atoms with Crippen LogP contribution >= 0.6 is 0 Å². The number of fused-ring (bicyclic) bond motifs is 2. The number of para-hydroxylation sites is 2. The summed E-state index contributed by atoms with van der Waals surface area (Å²) in [5, 5.41) is 23.8. The summed E-state index contributed by atoms with van der Waals surface area (Å²) in [7, 11) is 0. The van der Waals surface area contributed by atoms with Crippen molar-refractivity contribution in [2.24, 2.45) is 22.7 Å². The van der Waals surface area contributed by atoms with Crippen LogP contribution in [-0.4, -0.2) is 32.0 Å². The summed E-state index contributed by atoms with van der Waals surface area (Å²) in [5.41, 5.74) is 4.23. The molecule has 0 aliphatic heterocycles. The molecule has 2 N–H and O–H groups in total. The molecule has 0 spiro atoms. The molecule has 2 aromatic heterocycles. The van der Waals surface area contributed by atoms with Crippen LogP contribution in [0, 0.1) is 28.7 Å². The number of rotatable bonds is 6. The molecule has 2 aliphatic carbocycles. The molecule has 2 unspecified atom stereocenters. The molecule has 2 saturated carbocycles. The minimum Gasteiger partial charge on any atom is -0.392 e. The van der Waals surface area contributed by atoms with Gasteiger partial charge in [-0.2, -0.15) is 0 Å². The Hall–Kier alpha value is -2.30. The Morgan fingerprint density at radius 1 is 0.750 bits per heavy atom. The van der Waals surface area contributed by atoms with Crippen LogP contribution in [0.1, 0.15) is 91.9 Å². The van der Waals surface area contributed by atoms with Crippen LogP contribution in [0.4, 0.5) is 0 Å². The molecule has 6 rings (SSSR count). The molecule has 2 atom stereocenters. The molecule has 4 aromatic rings. The molecule has 4 nitrogen and oxygen atoms in total. The van der Waals surface area contributed by atoms with Gasteiger partial charge in [-0.25, -0.2) is 0 Å². The number of hydrogen-bond donors (Lipinski definition) is 2. The third-order valence-corrected chi connectivity index (χ3v) is 11.4. The van der Waals surface area contributed by atoms with Crippen molar-refractivity contribution in [3.63, 3.8) is 0 Å². The van der Waals surface area contributed by atoms with Crippen LogP contribution < -0.4 is 0 Å². The van der Waals surface area contributed by atoms with E-state index in [2.05, 4.69) is 73.6 Å². The van der Waals surface area contributed by atoms with Crippen LogP contribution in [0.2, 0.25) is 0 Å². The van der Waals surface area contributed by atoms with Gasteiger partial charge < -0.3 is 19.8 Å². The second-order valence-corrected chi connectivity index (χ2v) is 13.0. The van der Waals surface area contributed by atoms with E-state index in [0.717, 1.165) is 66.5 Å². The summed E-state index contributed by atoms with van der Waals surface area (Å²) >= 11 is 0. The number of pyridine rings is 1. The van der Waals surface area contributed by atoms with Gasteiger partial charge in [0.15, 0.2) is 0 Å². The maximum atomic E-state index is 11.4. The Labute approximate surface area is 278 Å². The number of aliphatic hydroxyl groups excluding tert-OH is 2. The van der Waals surface area contributed by atoms with Gasteiger partial charge in [0, 0.05) is 43.6 Å². The number of aromatic nitrogens is 2. The standard InChI is InChI=1S/C20H38O2.C19H13N2.Ir/c1-5-19(6-2)13-9-11-15-12-10-14-20(7-3,8-4)18(22)16(15)17(19)21;1-2-9-16(10-3-1)21-18-12-5-4-8-15(18)14-19(21)17-11-6-7-13-20-17;/h15-18,21-22H,5-14H2,1-4H3;1-13H;/q;-1;. The monoisotopic (exact) mass is 772 g/mol. The second-order valence-electron chi connectivity index (χ2n) is 13.0. The summed E-state index contributed by atoms with van der Waals surface area (Å²) in [6.07, 6.45) is 12.4. The van der Waals surface area contributed by atoms with E-state index in [4.69, 9.17) is 0 Å². The molecule has 2 heterocycles. The first kappa shape index (κ1) is 34.6. The number of hydrogen-bond acceptors (Lipinski definition) is 3. The normalized spacial score (nSPS) is 24.1. The molecular formula is C39H51IrN2O2-. The SMILES string of the molecule is CCC1(CC)CCCC2CCCC(CC)(CC)C(O)C2C1O.[Ir].[c-]1c(-c2ccccn2)n(-c2ccccc2)c2ccccc12. The van der Waals surface area contributed by atoms with Crippen LogP contribution in [0.15, 0.2) is 79.0 Å². The van der Waals surface area contributed by atoms with E-state index in [0.29, 0.717) is 5.92 Å². The van der Waals surface area contributed by atoms with Gasteiger partial charge in [0.1, 0.15) is 0 Å². The van der Waals surface area contributed by atoms with Gasteiger partial charge in [0.2, 0.25) is 0 Å². The largest absolute Gasteiger partial charge is 0.392 e. The fourth-order valence-corrected chi connectivity index (χ4v) is 8.41. The van der Waals surface area contributed by atoms with E-state index in [1.807, 2.05) is 48.7 Å². The van der Waals surface area contributed by atoms with Crippen molar-refractivity contribution >= 4 is 10.9 Å². The van der Waals surface area contributed by atoms with E-state index in [1.54, 1.807) is 0 Å². The van der Waals surface area contributed by atoms with Gasteiger partial charge in [-0.3, -0.25) is 0 Å². The molecule has 239 valence electrons. The number of nitrogens with zero attached hydrogens (tertiary/aromatic N) is 2. The quantitative estimate of drug-likeness (QED) is 0.192. The first-order valence-corrected chi connectivity index (χ1v) is 16.8. The topological polar surface area (TPSA) is 58.3 Å². The zero-order valence-corrected chi connectivity index (χ0v) is 29.4. The van der Waals surface area contributed by atoms with Gasteiger partial charge in [-0.1, -0.05) is 83.0 Å². The molecule has 0 amide bonds. The molecule has 1 radical (unpaired) electrons. The molecular weight excluding hydrogens is 721 g/mol. The van der Waals surface area contributed by atoms with Crippen molar-refractivity contribution < 1.29 is 30.3 Å². The Morgan fingerprint density at radius 2 is 1.30 bits per heavy atom. The fraction of sp³-hybridized carbons (Fsp3) is 0.513. The Kier molecular flexibility index (Phi) is 12.0. The van der Waals surface area contributed by atoms with Crippen molar-refractivity contribution in [2.75, 3.05) is 0 Å². The smallest absolute Gasteiger partial charge is 0.0651 e. The van der Waals surface area contributed by atoms with Crippen LogP contribution in [0.25, 0.3) is 28.0 Å². The van der Waals surface area contributed by atoms with E-state index in [1.165, 1.54) is 25.7 Å². The van der Waals surface area contributed by atoms with Crippen LogP contribution in [0.3, 0.4) is 0 Å². The van der Waals surface area contributed by atoms with Gasteiger partial charge >= 0.3 is 0 Å². The summed E-state index contributed by atoms with van der Waals surface area (Å²) in [6, 6.07) is 28.1. The third-order valence-electron chi connectivity index (χ3n) is 11.4. The van der Waals surface area contributed by atoms with Gasteiger partial charge in [-0.05, 0) is 97.5 Å². The van der Waals surface area contributed by atoms with E-state index < -0.39 is 0 Å². The first-order chi connectivity index (χ1) is 20.9. The molecule has 2 aromatic carbocycles. The summed E-state index contributed by atoms with van der Waals surface area (Å²) in [4.78, 5) is 4.48. The van der Waals surface area contributed by atoms with Gasteiger partial charge in [0.25, 0.3) is 0 Å².